The van der Waals surface area contributed by atoms with Gasteiger partial charge in [-0.3, -0.25) is 4.79 Å². The van der Waals surface area contributed by atoms with E-state index >= 15 is 0 Å². The summed E-state index contributed by atoms with van der Waals surface area (Å²) in [5.41, 5.74) is -0.565. The van der Waals surface area contributed by atoms with Crippen LogP contribution in [0.5, 0.6) is 0 Å². The number of halogens is 4. The van der Waals surface area contributed by atoms with Crippen molar-refractivity contribution in [3.63, 3.8) is 0 Å². The Labute approximate surface area is 121 Å². The molecule has 6 heteroatoms. The second-order valence-corrected chi connectivity index (χ2v) is 4.90. The lowest BCUT2D eigenvalue weighted by atomic mass is 10.0. The summed E-state index contributed by atoms with van der Waals surface area (Å²) in [5, 5.41) is 2.71. The summed E-state index contributed by atoms with van der Waals surface area (Å²) in [7, 11) is 0. The van der Waals surface area contributed by atoms with E-state index in [1.807, 2.05) is 6.92 Å². The Balaban J connectivity index is 2.74. The lowest BCUT2D eigenvalue weighted by molar-refractivity contribution is -0.122. The third kappa shape index (κ3) is 4.32. The second kappa shape index (κ2) is 7.06. The van der Waals surface area contributed by atoms with Gasteiger partial charge >= 0.3 is 0 Å². The Hall–Kier alpha value is -0.870. The summed E-state index contributed by atoms with van der Waals surface area (Å²) in [6.45, 7) is 1.85. The molecule has 0 saturated heterocycles. The van der Waals surface area contributed by atoms with E-state index in [4.69, 9.17) is 23.2 Å². The zero-order valence-corrected chi connectivity index (χ0v) is 12.0. The van der Waals surface area contributed by atoms with Crippen LogP contribution in [0.1, 0.15) is 18.9 Å². The first kappa shape index (κ1) is 16.2. The molecule has 0 bridgehead atoms. The molecule has 0 aliphatic rings. The fourth-order valence-corrected chi connectivity index (χ4v) is 2.36. The molecule has 2 nitrogen and oxygen atoms in total. The van der Waals surface area contributed by atoms with Crippen molar-refractivity contribution in [2.45, 2.75) is 25.3 Å². The summed E-state index contributed by atoms with van der Waals surface area (Å²) in [6, 6.07) is 3.11. The van der Waals surface area contributed by atoms with Gasteiger partial charge in [-0.1, -0.05) is 13.0 Å². The Morgan fingerprint density at radius 3 is 2.42 bits per heavy atom. The van der Waals surface area contributed by atoms with Gasteiger partial charge in [0.1, 0.15) is 11.6 Å². The molecular formula is C13H15Cl2F2NO. The fourth-order valence-electron chi connectivity index (χ4n) is 1.56. The molecule has 0 aromatic heterocycles. The number of amides is 1. The Bertz CT molecular complexity index is 442. The first-order valence-corrected chi connectivity index (χ1v) is 6.90. The third-order valence-corrected chi connectivity index (χ3v) is 3.98. The predicted octanol–water partition coefficient (Wildman–Crippen LogP) is 3.25. The van der Waals surface area contributed by atoms with Gasteiger partial charge < -0.3 is 5.32 Å². The first-order chi connectivity index (χ1) is 8.96. The highest BCUT2D eigenvalue weighted by Crippen LogP contribution is 2.16. The molecule has 0 spiro atoms. The van der Waals surface area contributed by atoms with Crippen LogP contribution in [0.4, 0.5) is 8.78 Å². The summed E-state index contributed by atoms with van der Waals surface area (Å²) in [5.74, 6) is -1.47. The van der Waals surface area contributed by atoms with Gasteiger partial charge in [-0.2, -0.15) is 0 Å². The van der Waals surface area contributed by atoms with Crippen molar-refractivity contribution in [3.05, 3.63) is 35.4 Å². The maximum absolute atomic E-state index is 13.4. The lowest BCUT2D eigenvalue weighted by Gasteiger charge is -2.29. The lowest BCUT2D eigenvalue weighted by Crippen LogP contribution is -2.51. The molecule has 106 valence electrons. The molecule has 1 aromatic rings. The molecule has 0 unspecified atom stereocenters. The highest BCUT2D eigenvalue weighted by Gasteiger charge is 2.28. The fraction of sp³-hybridized carbons (Fsp3) is 0.462. The van der Waals surface area contributed by atoms with E-state index in [-0.39, 0.29) is 23.7 Å². The minimum Gasteiger partial charge on any atom is -0.348 e. The quantitative estimate of drug-likeness (QED) is 0.803. The van der Waals surface area contributed by atoms with Crippen LogP contribution in [0.2, 0.25) is 0 Å². The SMILES string of the molecule is CCC(CCl)(CCl)NC(=O)Cc1ccc(F)cc1F. The van der Waals surface area contributed by atoms with E-state index in [1.54, 1.807) is 0 Å². The van der Waals surface area contributed by atoms with E-state index < -0.39 is 23.1 Å². The average molecular weight is 310 g/mol. The number of benzene rings is 1. The number of rotatable bonds is 6. The van der Waals surface area contributed by atoms with E-state index in [0.717, 1.165) is 12.1 Å². The molecule has 1 N–H and O–H groups in total. The van der Waals surface area contributed by atoms with Crippen LogP contribution in [0.3, 0.4) is 0 Å². The standard InChI is InChI=1S/C13H15Cl2F2NO/c1-2-13(7-14,8-15)18-12(19)5-9-3-4-10(16)6-11(9)17/h3-4,6H,2,5,7-8H2,1H3,(H,18,19). The molecule has 1 aromatic carbocycles. The summed E-state index contributed by atoms with van der Waals surface area (Å²) in [4.78, 5) is 11.9. The van der Waals surface area contributed by atoms with Crippen molar-refractivity contribution in [2.24, 2.45) is 0 Å². The van der Waals surface area contributed by atoms with Gasteiger partial charge in [0.25, 0.3) is 0 Å². The highest BCUT2D eigenvalue weighted by molar-refractivity contribution is 6.22. The topological polar surface area (TPSA) is 29.1 Å². The Morgan fingerprint density at radius 2 is 1.95 bits per heavy atom. The molecule has 19 heavy (non-hydrogen) atoms. The van der Waals surface area contributed by atoms with Gasteiger partial charge in [0.05, 0.1) is 12.0 Å². The Morgan fingerprint density at radius 1 is 1.32 bits per heavy atom. The molecule has 0 aliphatic carbocycles. The van der Waals surface area contributed by atoms with Crippen molar-refractivity contribution in [1.29, 1.82) is 0 Å². The van der Waals surface area contributed by atoms with E-state index in [2.05, 4.69) is 5.32 Å². The van der Waals surface area contributed by atoms with Gasteiger partial charge in [0, 0.05) is 17.8 Å². The van der Waals surface area contributed by atoms with E-state index in [9.17, 15) is 13.6 Å². The first-order valence-electron chi connectivity index (χ1n) is 5.83. The minimum atomic E-state index is -0.742. The monoisotopic (exact) mass is 309 g/mol. The van der Waals surface area contributed by atoms with Gasteiger partial charge in [0.15, 0.2) is 0 Å². The number of carbonyl (C=O) groups is 1. The number of carbonyl (C=O) groups excluding carboxylic acids is 1. The molecule has 1 amide bonds. The minimum absolute atomic E-state index is 0.132. The molecule has 0 fully saturated rings. The van der Waals surface area contributed by atoms with Crippen LogP contribution in [-0.4, -0.2) is 23.2 Å². The second-order valence-electron chi connectivity index (χ2n) is 4.36. The van der Waals surface area contributed by atoms with E-state index in [1.165, 1.54) is 6.07 Å². The number of alkyl halides is 2. The summed E-state index contributed by atoms with van der Waals surface area (Å²) >= 11 is 11.6. The summed E-state index contributed by atoms with van der Waals surface area (Å²) < 4.78 is 26.2. The van der Waals surface area contributed by atoms with Gasteiger partial charge in [-0.15, -0.1) is 23.2 Å². The van der Waals surface area contributed by atoms with Gasteiger partial charge in [-0.25, -0.2) is 8.78 Å². The number of hydrogen-bond donors (Lipinski definition) is 1. The Kier molecular flexibility index (Phi) is 6.01. The molecule has 0 aliphatic heterocycles. The van der Waals surface area contributed by atoms with Crippen LogP contribution in [0.25, 0.3) is 0 Å². The van der Waals surface area contributed by atoms with Crippen molar-refractivity contribution < 1.29 is 13.6 Å². The molecule has 0 heterocycles. The van der Waals surface area contributed by atoms with Crippen LogP contribution in [0, 0.1) is 11.6 Å². The van der Waals surface area contributed by atoms with Crippen molar-refractivity contribution >= 4 is 29.1 Å². The molecule has 0 atom stereocenters. The maximum Gasteiger partial charge on any atom is 0.225 e. The van der Waals surface area contributed by atoms with Crippen molar-refractivity contribution in [3.8, 4) is 0 Å². The zero-order chi connectivity index (χ0) is 14.5. The summed E-state index contributed by atoms with van der Waals surface area (Å²) in [6.07, 6.45) is 0.388. The maximum atomic E-state index is 13.4. The third-order valence-electron chi connectivity index (χ3n) is 2.96. The molecule has 0 radical (unpaired) electrons. The normalized spacial score (nSPS) is 11.4. The zero-order valence-electron chi connectivity index (χ0n) is 10.5. The molecular weight excluding hydrogens is 295 g/mol. The largest absolute Gasteiger partial charge is 0.348 e. The van der Waals surface area contributed by atoms with E-state index in [0.29, 0.717) is 6.42 Å². The number of nitrogens with one attached hydrogen (secondary N) is 1. The highest BCUT2D eigenvalue weighted by atomic mass is 35.5. The predicted molar refractivity (Wildman–Crippen MR) is 72.7 cm³/mol. The van der Waals surface area contributed by atoms with Crippen molar-refractivity contribution in [1.82, 2.24) is 5.32 Å². The van der Waals surface area contributed by atoms with Crippen molar-refractivity contribution in [2.75, 3.05) is 11.8 Å². The van der Waals surface area contributed by atoms with Crippen LogP contribution in [0.15, 0.2) is 18.2 Å². The average Bonchev–Trinajstić information content (AvgIpc) is 2.39. The number of hydrogen-bond acceptors (Lipinski definition) is 1. The van der Waals surface area contributed by atoms with Gasteiger partial charge in [-0.05, 0) is 18.1 Å². The van der Waals surface area contributed by atoms with Gasteiger partial charge in [0.2, 0.25) is 5.91 Å². The van der Waals surface area contributed by atoms with Crippen LogP contribution in [-0.2, 0) is 11.2 Å². The van der Waals surface area contributed by atoms with Crippen LogP contribution >= 0.6 is 23.2 Å². The smallest absolute Gasteiger partial charge is 0.225 e. The van der Waals surface area contributed by atoms with Crippen LogP contribution < -0.4 is 5.32 Å². The molecule has 1 rings (SSSR count). The molecule has 0 saturated carbocycles.